The third-order valence-corrected chi connectivity index (χ3v) is 18.5. The number of unbranched alkanes of at least 4 members (excludes halogenated alkanes) is 2. The molecule has 2 aliphatic heterocycles. The lowest BCUT2D eigenvalue weighted by Gasteiger charge is -2.26. The highest BCUT2D eigenvalue weighted by Gasteiger charge is 2.36. The molecule has 2 saturated heterocycles. The first-order chi connectivity index (χ1) is 54.8. The van der Waals surface area contributed by atoms with Crippen LogP contribution in [0.2, 0.25) is 0 Å². The number of nitrogens with zero attached hydrogens (tertiary/aromatic N) is 2. The van der Waals surface area contributed by atoms with Gasteiger partial charge in [0.15, 0.2) is 11.9 Å². The summed E-state index contributed by atoms with van der Waals surface area (Å²) in [4.78, 5) is 208. The molecule has 0 spiro atoms. The van der Waals surface area contributed by atoms with Crippen LogP contribution >= 0.6 is 0 Å². The first kappa shape index (κ1) is 90.7. The zero-order valence-corrected chi connectivity index (χ0v) is 63.2. The Morgan fingerprint density at radius 2 is 0.913 bits per heavy atom. The molecule has 13 amide bonds. The Morgan fingerprint density at radius 3 is 1.36 bits per heavy atom. The van der Waals surface area contributed by atoms with Crippen molar-refractivity contribution in [1.29, 1.82) is 10.8 Å². The fraction of sp³-hybridized carbons (Fsp3) is 0.431. The van der Waals surface area contributed by atoms with Gasteiger partial charge in [-0.1, -0.05) is 78.9 Å². The Bertz CT molecular complexity index is 4280. The van der Waals surface area contributed by atoms with Gasteiger partial charge in [-0.05, 0) is 100.0 Å². The van der Waals surface area contributed by atoms with E-state index in [0.29, 0.717) is 11.1 Å². The van der Waals surface area contributed by atoms with Gasteiger partial charge < -0.3 is 101 Å². The molecule has 9 atom stereocenters. The number of pyridine rings is 1. The van der Waals surface area contributed by atoms with Gasteiger partial charge in [-0.25, -0.2) is 4.98 Å². The normalized spacial score (nSPS) is 19.8. The van der Waals surface area contributed by atoms with Gasteiger partial charge in [-0.2, -0.15) is 13.5 Å². The maximum Gasteiger partial charge on any atom is 0.305 e. The van der Waals surface area contributed by atoms with Crippen molar-refractivity contribution >= 4 is 123 Å². The molecular formula is C72H96N22O20S. The minimum Gasteiger partial charge on any atom is -0.481 e. The number of amides is 13. The second kappa shape index (κ2) is 46.6. The summed E-state index contributed by atoms with van der Waals surface area (Å²) < 4.78 is 33.5. The minimum absolute atomic E-state index is 0.0239. The molecule has 1 aromatic heterocycles. The number of nitrogens with two attached hydrogens (primary N) is 2. The van der Waals surface area contributed by atoms with Crippen LogP contribution in [-0.2, 0) is 90.1 Å². The third kappa shape index (κ3) is 32.9. The molecule has 2 fully saturated rings. The number of anilines is 1. The topological polar surface area (TPSA) is 668 Å². The van der Waals surface area contributed by atoms with E-state index in [1.165, 1.54) is 30.3 Å². The molecule has 6 rings (SSSR count). The first-order valence-electron chi connectivity index (χ1n) is 36.6. The number of aromatic nitrogens is 1. The largest absolute Gasteiger partial charge is 0.481 e. The SMILES string of the molecule is N=C(N)NCCC[C@@H]1NC(=O)[C@H](CCCCNC(=O)CC[C@H](NC(=O)c2ccc(N/N=C/c3ccccc3S(=O)(=O)O)nc2)C(=O)NCCCC[C@@H]2NC(=O)[C@@H](Cc3ccccc3)NC(=O)[C@H](CC(=O)O)NC(=O)CNC(=O)[C@H](CCCNC(=N)N)NC2=O)NC(=O)[C@@H](Cc2ccccc2)NC(=O)[C@H](CC(=O)O)NC(=O)CNC1=O. The van der Waals surface area contributed by atoms with Crippen molar-refractivity contribution in [2.45, 2.75) is 162 Å². The van der Waals surface area contributed by atoms with Crippen LogP contribution in [0.1, 0.15) is 117 Å². The Hall–Kier alpha value is -13.2. The van der Waals surface area contributed by atoms with Gasteiger partial charge in [0.25, 0.3) is 16.0 Å². The van der Waals surface area contributed by atoms with Crippen LogP contribution in [0.25, 0.3) is 0 Å². The summed E-state index contributed by atoms with van der Waals surface area (Å²) in [5.41, 5.74) is 14.4. The summed E-state index contributed by atoms with van der Waals surface area (Å²) in [7, 11) is -4.62. The van der Waals surface area contributed by atoms with E-state index in [2.05, 4.69) is 95.3 Å². The van der Waals surface area contributed by atoms with Gasteiger partial charge in [0.05, 0.1) is 37.7 Å². The molecule has 0 unspecified atom stereocenters. The first-order valence-corrected chi connectivity index (χ1v) is 38.1. The van der Waals surface area contributed by atoms with Crippen molar-refractivity contribution in [3.05, 3.63) is 126 Å². The smallest absolute Gasteiger partial charge is 0.305 e. The standard InChI is InChI=1S/C72H96N22O20S/c73-71(74)79-31-13-22-45-63(104)82-39-57(96)85-52(35-59(98)99)69(110)92-50(33-41-15-3-1-4-16-41)67(108)90-47(65(106)88-45)20-9-11-29-77-56(95)28-26-49(87-61(102)44-25-27-55(81-37-44)94-84-38-43-19-7-8-24-54(43)115(112,113)114)62(103)78-30-12-10-21-48-66(107)89-46(23-14-32-80-72(75)76)64(105)83-40-58(97)86-53(36-60(100)101)70(111)93-51(68(109)91-48)34-42-17-5-2-6-18-42/h1-8,15-19,24-25,27,37-38,45-53H,9-14,20-23,26,28-36,39-40H2,(H,77,95)(H,78,103)(H,81,94)(H,82,104)(H,83,105)(H,85,96)(H,86,97)(H,87,102)(H,88,106)(H,89,107)(H,90,108)(H,91,109)(H,92,110)(H,93,111)(H,98,99)(H,100,101)(H4,73,74,79)(H4,75,76,80)(H,112,113,114)/b84-38+/t45-,46-,47-,48-,49-,50+,51+,52-,53-/m0/s1. The van der Waals surface area contributed by atoms with Crippen LogP contribution in [0.3, 0.4) is 0 Å². The number of carboxylic acid groups (broad SMARTS) is 2. The van der Waals surface area contributed by atoms with Gasteiger partial charge in [0.2, 0.25) is 70.9 Å². The van der Waals surface area contributed by atoms with Crippen LogP contribution in [0.15, 0.2) is 113 Å². The molecule has 620 valence electrons. The van der Waals surface area contributed by atoms with Crippen LogP contribution in [0.5, 0.6) is 0 Å². The number of carbonyl (C=O) groups is 15. The molecular weight excluding hydrogens is 1520 g/mol. The monoisotopic (exact) mass is 1620 g/mol. The van der Waals surface area contributed by atoms with E-state index in [-0.39, 0.29) is 139 Å². The van der Waals surface area contributed by atoms with Crippen molar-refractivity contribution in [3.8, 4) is 0 Å². The summed E-state index contributed by atoms with van der Waals surface area (Å²) in [6.07, 6.45) is -0.711. The number of hydrogen-bond acceptors (Lipinski definition) is 22. The maximum absolute atomic E-state index is 14.4. The Morgan fingerprint density at radius 1 is 0.504 bits per heavy atom. The van der Waals surface area contributed by atoms with Gasteiger partial charge >= 0.3 is 11.9 Å². The van der Waals surface area contributed by atoms with E-state index in [4.69, 9.17) is 22.3 Å². The van der Waals surface area contributed by atoms with Gasteiger partial charge in [0, 0.05) is 57.2 Å². The van der Waals surface area contributed by atoms with Gasteiger partial charge in [-0.15, -0.1) is 0 Å². The number of aliphatic carboxylic acids is 2. The lowest BCUT2D eigenvalue weighted by molar-refractivity contribution is -0.141. The number of carboxylic acids is 2. The number of carbonyl (C=O) groups excluding carboxylic acids is 13. The van der Waals surface area contributed by atoms with E-state index >= 15 is 0 Å². The minimum atomic E-state index is -4.62. The average molecular weight is 1620 g/mol. The molecule has 0 radical (unpaired) electrons. The Labute approximate surface area is 659 Å². The molecule has 115 heavy (non-hydrogen) atoms. The van der Waals surface area contributed by atoms with Crippen molar-refractivity contribution in [1.82, 2.24) is 84.7 Å². The van der Waals surface area contributed by atoms with Gasteiger partial charge in [0.1, 0.15) is 65.1 Å². The van der Waals surface area contributed by atoms with Crippen molar-refractivity contribution < 1.29 is 95.1 Å². The Balaban J connectivity index is 1.19. The Kier molecular flexibility index (Phi) is 36.7. The zero-order chi connectivity index (χ0) is 84.0. The molecule has 0 bridgehead atoms. The fourth-order valence-corrected chi connectivity index (χ4v) is 12.4. The summed E-state index contributed by atoms with van der Waals surface area (Å²) in [5, 5.41) is 76.4. The van der Waals surface area contributed by atoms with Crippen LogP contribution < -0.4 is 96.6 Å². The third-order valence-electron chi connectivity index (χ3n) is 17.6. The summed E-state index contributed by atoms with van der Waals surface area (Å²) >= 11 is 0. The van der Waals surface area contributed by atoms with Crippen LogP contribution in [0, 0.1) is 10.8 Å². The van der Waals surface area contributed by atoms with E-state index in [1.54, 1.807) is 60.7 Å². The predicted octanol–water partition coefficient (Wildman–Crippen LogP) is -4.67. The van der Waals surface area contributed by atoms with E-state index < -0.39 is 190 Å². The van der Waals surface area contributed by atoms with Crippen LogP contribution in [-0.4, -0.2) is 229 Å². The molecule has 2 aliphatic rings. The maximum atomic E-state index is 14.4. The molecule has 0 aliphatic carbocycles. The highest BCUT2D eigenvalue weighted by Crippen LogP contribution is 2.16. The molecule has 4 aromatic rings. The van der Waals surface area contributed by atoms with Crippen molar-refractivity contribution in [2.24, 2.45) is 16.6 Å². The molecule has 25 N–H and O–H groups in total. The quantitative estimate of drug-likeness (QED) is 0.00669. The summed E-state index contributed by atoms with van der Waals surface area (Å²) in [6.45, 7) is -1.62. The summed E-state index contributed by atoms with van der Waals surface area (Å²) in [6, 6.07) is 11.1. The highest BCUT2D eigenvalue weighted by atomic mass is 32.2. The number of guanidine groups is 2. The molecule has 3 heterocycles. The number of rotatable bonds is 36. The summed E-state index contributed by atoms with van der Waals surface area (Å²) in [5.74, 6) is -15.5. The molecule has 42 nitrogen and oxygen atoms in total. The number of hydrogen-bond donors (Lipinski definition) is 23. The average Bonchev–Trinajstić information content (AvgIpc) is 1.74. The fourth-order valence-electron chi connectivity index (χ4n) is 11.7. The zero-order valence-electron chi connectivity index (χ0n) is 62.4. The van der Waals surface area contributed by atoms with Crippen LogP contribution in [0.4, 0.5) is 5.82 Å². The number of nitrogens with one attached hydrogen (secondary N) is 18. The van der Waals surface area contributed by atoms with Crippen molar-refractivity contribution in [2.75, 3.05) is 44.7 Å². The van der Waals surface area contributed by atoms with Crippen molar-refractivity contribution in [3.63, 3.8) is 0 Å². The second-order valence-corrected chi connectivity index (χ2v) is 28.0. The van der Waals surface area contributed by atoms with E-state index in [0.717, 1.165) is 18.5 Å². The molecule has 43 heteroatoms. The van der Waals surface area contributed by atoms with E-state index in [1.807, 2.05) is 0 Å². The predicted molar refractivity (Wildman–Crippen MR) is 410 cm³/mol. The number of hydrazone groups is 1. The molecule has 0 saturated carbocycles. The lowest BCUT2D eigenvalue weighted by atomic mass is 10.0. The highest BCUT2D eigenvalue weighted by molar-refractivity contribution is 7.86. The number of benzene rings is 3. The van der Waals surface area contributed by atoms with E-state index in [9.17, 15) is 95.1 Å². The molecule has 3 aromatic carbocycles. The second-order valence-electron chi connectivity index (χ2n) is 26.6. The lowest BCUT2D eigenvalue weighted by Crippen LogP contribution is -2.58. The van der Waals surface area contributed by atoms with Gasteiger partial charge in [-0.3, -0.25) is 92.7 Å².